The van der Waals surface area contributed by atoms with Crippen LogP contribution in [0.4, 0.5) is 11.4 Å². The van der Waals surface area contributed by atoms with Crippen LogP contribution >= 0.6 is 0 Å². The van der Waals surface area contributed by atoms with Gasteiger partial charge in [-0.05, 0) is 49.2 Å². The van der Waals surface area contributed by atoms with Crippen LogP contribution in [0.3, 0.4) is 0 Å². The van der Waals surface area contributed by atoms with Gasteiger partial charge in [0, 0.05) is 12.8 Å². The largest absolute Gasteiger partial charge is 0.279 e. The average Bonchev–Trinajstić information content (AvgIpc) is 2.90. The van der Waals surface area contributed by atoms with Gasteiger partial charge in [0.25, 0.3) is 10.0 Å². The predicted molar refractivity (Wildman–Crippen MR) is 94.9 cm³/mol. The van der Waals surface area contributed by atoms with Crippen LogP contribution in [-0.4, -0.2) is 20.2 Å². The van der Waals surface area contributed by atoms with Crippen LogP contribution in [0.5, 0.6) is 0 Å². The van der Waals surface area contributed by atoms with E-state index in [1.54, 1.807) is 0 Å². The lowest BCUT2D eigenvalue weighted by molar-refractivity contribution is -0.121. The topological polar surface area (TPSA) is 83.6 Å². The molecule has 0 bridgehead atoms. The first kappa shape index (κ1) is 17.2. The van der Waals surface area contributed by atoms with Crippen molar-refractivity contribution in [2.45, 2.75) is 31.6 Å². The highest BCUT2D eigenvalue weighted by Gasteiger charge is 2.30. The number of benzene rings is 2. The van der Waals surface area contributed by atoms with Gasteiger partial charge in [0.1, 0.15) is 0 Å². The number of amides is 2. The number of carbonyl (C=O) groups is 2. The Labute approximate surface area is 146 Å². The quantitative estimate of drug-likeness (QED) is 0.852. The number of para-hydroxylation sites is 1. The van der Waals surface area contributed by atoms with Crippen LogP contribution in [0.2, 0.25) is 0 Å². The zero-order valence-electron chi connectivity index (χ0n) is 13.9. The molecule has 2 aromatic rings. The molecule has 1 aliphatic rings. The van der Waals surface area contributed by atoms with Crippen LogP contribution in [0, 0.1) is 13.8 Å². The third-order valence-electron chi connectivity index (χ3n) is 4.17. The molecule has 0 aromatic heterocycles. The number of nitrogens with zero attached hydrogens (tertiary/aromatic N) is 1. The molecular formula is C18H18N2O4S. The van der Waals surface area contributed by atoms with E-state index in [9.17, 15) is 18.0 Å². The highest BCUT2D eigenvalue weighted by molar-refractivity contribution is 7.92. The summed E-state index contributed by atoms with van der Waals surface area (Å²) < 4.78 is 27.8. The van der Waals surface area contributed by atoms with Gasteiger partial charge < -0.3 is 0 Å². The molecule has 1 aliphatic heterocycles. The fourth-order valence-electron chi connectivity index (χ4n) is 2.81. The molecule has 2 aromatic carbocycles. The normalized spacial score (nSPS) is 14.9. The van der Waals surface area contributed by atoms with Gasteiger partial charge in [-0.15, -0.1) is 0 Å². The molecule has 1 N–H and O–H groups in total. The molecule has 130 valence electrons. The number of hydrogen-bond acceptors (Lipinski definition) is 4. The standard InChI is InChI=1S/C18H18N2O4S/c1-12-4-3-5-13(2)18(12)19-25(23,24)15-8-6-14(7-9-15)20-16(21)10-11-17(20)22/h3-9,19H,10-11H2,1-2H3. The fourth-order valence-corrected chi connectivity index (χ4v) is 4.01. The lowest BCUT2D eigenvalue weighted by Crippen LogP contribution is -2.28. The lowest BCUT2D eigenvalue weighted by Gasteiger charge is -2.16. The smallest absolute Gasteiger partial charge is 0.261 e. The summed E-state index contributed by atoms with van der Waals surface area (Å²) in [5.41, 5.74) is 2.59. The van der Waals surface area contributed by atoms with Crippen LogP contribution < -0.4 is 9.62 Å². The first-order valence-electron chi connectivity index (χ1n) is 7.84. The number of imide groups is 1. The average molecular weight is 358 g/mol. The van der Waals surface area contributed by atoms with Gasteiger partial charge >= 0.3 is 0 Å². The van der Waals surface area contributed by atoms with Gasteiger partial charge in [-0.3, -0.25) is 19.2 Å². The Kier molecular flexibility index (Phi) is 4.34. The highest BCUT2D eigenvalue weighted by Crippen LogP contribution is 2.26. The number of anilines is 2. The Hall–Kier alpha value is -2.67. The molecule has 1 fully saturated rings. The van der Waals surface area contributed by atoms with E-state index in [0.717, 1.165) is 16.0 Å². The maximum atomic E-state index is 12.6. The van der Waals surface area contributed by atoms with Crippen molar-refractivity contribution < 1.29 is 18.0 Å². The Balaban J connectivity index is 1.89. The van der Waals surface area contributed by atoms with Crippen molar-refractivity contribution in [2.75, 3.05) is 9.62 Å². The third-order valence-corrected chi connectivity index (χ3v) is 5.54. The van der Waals surface area contributed by atoms with E-state index < -0.39 is 10.0 Å². The first-order valence-corrected chi connectivity index (χ1v) is 9.33. The number of aryl methyl sites for hydroxylation is 2. The van der Waals surface area contributed by atoms with Crippen molar-refractivity contribution in [1.82, 2.24) is 0 Å². The van der Waals surface area contributed by atoms with Gasteiger partial charge in [-0.1, -0.05) is 18.2 Å². The summed E-state index contributed by atoms with van der Waals surface area (Å²) in [6.07, 6.45) is 0.375. The molecule has 3 rings (SSSR count). The van der Waals surface area contributed by atoms with E-state index in [1.165, 1.54) is 24.3 Å². The second kappa shape index (κ2) is 6.33. The first-order chi connectivity index (χ1) is 11.8. The minimum Gasteiger partial charge on any atom is -0.279 e. The molecule has 25 heavy (non-hydrogen) atoms. The summed E-state index contributed by atoms with van der Waals surface area (Å²) in [6, 6.07) is 11.3. The van der Waals surface area contributed by atoms with Gasteiger partial charge in [0.05, 0.1) is 16.3 Å². The maximum absolute atomic E-state index is 12.6. The van der Waals surface area contributed by atoms with Crippen molar-refractivity contribution in [3.63, 3.8) is 0 Å². The van der Waals surface area contributed by atoms with Crippen LogP contribution in [0.25, 0.3) is 0 Å². The van der Waals surface area contributed by atoms with Gasteiger partial charge in [0.15, 0.2) is 0 Å². The van der Waals surface area contributed by atoms with E-state index in [-0.39, 0.29) is 29.6 Å². The molecule has 1 saturated heterocycles. The Morgan fingerprint density at radius 3 is 1.92 bits per heavy atom. The monoisotopic (exact) mass is 358 g/mol. The fraction of sp³-hybridized carbons (Fsp3) is 0.222. The van der Waals surface area contributed by atoms with Crippen LogP contribution in [0.1, 0.15) is 24.0 Å². The van der Waals surface area contributed by atoms with E-state index >= 15 is 0 Å². The van der Waals surface area contributed by atoms with E-state index in [2.05, 4.69) is 4.72 Å². The zero-order chi connectivity index (χ0) is 18.2. The minimum atomic E-state index is -3.76. The summed E-state index contributed by atoms with van der Waals surface area (Å²) >= 11 is 0. The molecule has 6 nitrogen and oxygen atoms in total. The van der Waals surface area contributed by atoms with Crippen molar-refractivity contribution in [3.05, 3.63) is 53.6 Å². The SMILES string of the molecule is Cc1cccc(C)c1NS(=O)(=O)c1ccc(N2C(=O)CCC2=O)cc1. The molecule has 0 unspecified atom stereocenters. The summed E-state index contributed by atoms with van der Waals surface area (Å²) in [4.78, 5) is 24.7. The maximum Gasteiger partial charge on any atom is 0.261 e. The predicted octanol–water partition coefficient (Wildman–Crippen LogP) is 2.76. The number of sulfonamides is 1. The molecule has 1 heterocycles. The van der Waals surface area contributed by atoms with Gasteiger partial charge in [-0.25, -0.2) is 8.42 Å². The molecule has 0 spiro atoms. The molecule has 0 atom stereocenters. The lowest BCUT2D eigenvalue weighted by atomic mass is 10.1. The molecule has 2 amide bonds. The second-order valence-corrected chi connectivity index (χ2v) is 7.67. The molecule has 0 aliphatic carbocycles. The number of hydrogen-bond donors (Lipinski definition) is 1. The van der Waals surface area contributed by atoms with E-state index in [4.69, 9.17) is 0 Å². The van der Waals surface area contributed by atoms with Crippen LogP contribution in [-0.2, 0) is 19.6 Å². The molecule has 0 radical (unpaired) electrons. The minimum absolute atomic E-state index is 0.0676. The summed E-state index contributed by atoms with van der Waals surface area (Å²) in [7, 11) is -3.76. The molecule has 7 heteroatoms. The van der Waals surface area contributed by atoms with Crippen LogP contribution in [0.15, 0.2) is 47.4 Å². The number of nitrogens with one attached hydrogen (secondary N) is 1. The third kappa shape index (κ3) is 3.28. The van der Waals surface area contributed by atoms with Crippen molar-refractivity contribution >= 4 is 33.2 Å². The molecular weight excluding hydrogens is 340 g/mol. The van der Waals surface area contributed by atoms with Crippen molar-refractivity contribution in [3.8, 4) is 0 Å². The Morgan fingerprint density at radius 2 is 1.40 bits per heavy atom. The molecule has 0 saturated carbocycles. The summed E-state index contributed by atoms with van der Waals surface area (Å²) in [6.45, 7) is 3.66. The van der Waals surface area contributed by atoms with Crippen molar-refractivity contribution in [2.24, 2.45) is 0 Å². The number of rotatable bonds is 4. The summed E-state index contributed by atoms with van der Waals surface area (Å²) in [5, 5.41) is 0. The second-order valence-electron chi connectivity index (χ2n) is 5.99. The number of carbonyl (C=O) groups excluding carboxylic acids is 2. The van der Waals surface area contributed by atoms with Crippen molar-refractivity contribution in [1.29, 1.82) is 0 Å². The van der Waals surface area contributed by atoms with E-state index in [1.807, 2.05) is 32.0 Å². The summed E-state index contributed by atoms with van der Waals surface area (Å²) in [5.74, 6) is -0.538. The zero-order valence-corrected chi connectivity index (χ0v) is 14.8. The van der Waals surface area contributed by atoms with Gasteiger partial charge in [-0.2, -0.15) is 0 Å². The highest BCUT2D eigenvalue weighted by atomic mass is 32.2. The Bertz CT molecular complexity index is 913. The van der Waals surface area contributed by atoms with E-state index in [0.29, 0.717) is 11.4 Å². The van der Waals surface area contributed by atoms with Gasteiger partial charge in [0.2, 0.25) is 11.8 Å². The Morgan fingerprint density at radius 1 is 0.880 bits per heavy atom.